The molecule has 1 aromatic carbocycles. The van der Waals surface area contributed by atoms with E-state index in [4.69, 9.17) is 4.74 Å². The average molecular weight is 370 g/mol. The van der Waals surface area contributed by atoms with Crippen LogP contribution in [0.1, 0.15) is 26.2 Å². The summed E-state index contributed by atoms with van der Waals surface area (Å²) in [5.74, 6) is -1.43. The molecule has 144 valence electrons. The summed E-state index contributed by atoms with van der Waals surface area (Å²) in [6.45, 7) is 4.01. The highest BCUT2D eigenvalue weighted by Crippen LogP contribution is 2.46. The van der Waals surface area contributed by atoms with E-state index < -0.39 is 17.8 Å². The number of benzene rings is 1. The lowest BCUT2D eigenvalue weighted by molar-refractivity contribution is -0.136. The van der Waals surface area contributed by atoms with Gasteiger partial charge in [0.2, 0.25) is 17.7 Å². The van der Waals surface area contributed by atoms with E-state index in [0.717, 1.165) is 19.4 Å². The van der Waals surface area contributed by atoms with Gasteiger partial charge in [0.15, 0.2) is 0 Å². The van der Waals surface area contributed by atoms with Crippen molar-refractivity contribution in [3.05, 3.63) is 30.3 Å². The minimum Gasteiger partial charge on any atom is -0.381 e. The van der Waals surface area contributed by atoms with Crippen LogP contribution < -0.4 is 10.2 Å². The van der Waals surface area contributed by atoms with Crippen LogP contribution in [-0.2, 0) is 19.1 Å². The van der Waals surface area contributed by atoms with Crippen molar-refractivity contribution in [1.29, 1.82) is 0 Å². The highest BCUT2D eigenvalue weighted by atomic mass is 16.5. The molecule has 2 heterocycles. The molecule has 2 aliphatic heterocycles. The molecule has 1 saturated carbocycles. The topological polar surface area (TPSA) is 75.7 Å². The summed E-state index contributed by atoms with van der Waals surface area (Å²) in [7, 11) is 0. The molecule has 2 saturated heterocycles. The van der Waals surface area contributed by atoms with E-state index >= 15 is 0 Å². The van der Waals surface area contributed by atoms with Gasteiger partial charge in [-0.15, -0.1) is 0 Å². The lowest BCUT2D eigenvalue weighted by atomic mass is 9.68. The summed E-state index contributed by atoms with van der Waals surface area (Å²) >= 11 is 0. The third kappa shape index (κ3) is 3.27. The molecular weight excluding hydrogens is 344 g/mol. The fraction of sp³-hybridized carbons (Fsp3) is 0.571. The first-order valence-corrected chi connectivity index (χ1v) is 9.86. The normalized spacial score (nSPS) is 33.2. The molecule has 3 amide bonds. The number of rotatable bonds is 4. The molecule has 1 aromatic rings. The van der Waals surface area contributed by atoms with Gasteiger partial charge in [-0.1, -0.05) is 25.1 Å². The highest BCUT2D eigenvalue weighted by molar-refractivity contribution is 6.23. The third-order valence-electron chi connectivity index (χ3n) is 6.32. The number of imide groups is 1. The number of nitrogens with zero attached hydrogens (tertiary/aromatic N) is 1. The van der Waals surface area contributed by atoms with Crippen LogP contribution in [0.4, 0.5) is 5.69 Å². The third-order valence-corrected chi connectivity index (χ3v) is 6.32. The molecule has 0 spiro atoms. The number of amides is 3. The quantitative estimate of drug-likeness (QED) is 0.823. The van der Waals surface area contributed by atoms with Gasteiger partial charge in [-0.2, -0.15) is 0 Å². The summed E-state index contributed by atoms with van der Waals surface area (Å²) in [5.41, 5.74) is 0.594. The molecule has 5 atom stereocenters. The number of carbonyl (C=O) groups excluding carboxylic acids is 3. The number of hydrogen-bond acceptors (Lipinski definition) is 4. The predicted octanol–water partition coefficient (Wildman–Crippen LogP) is 1.99. The van der Waals surface area contributed by atoms with Gasteiger partial charge in [-0.25, -0.2) is 0 Å². The smallest absolute Gasteiger partial charge is 0.238 e. The average Bonchev–Trinajstić information content (AvgIpc) is 3.28. The molecule has 3 aliphatic rings. The Hall–Kier alpha value is -2.21. The van der Waals surface area contributed by atoms with E-state index in [1.807, 2.05) is 25.1 Å². The van der Waals surface area contributed by atoms with Crippen LogP contribution in [-0.4, -0.2) is 37.5 Å². The second-order valence-corrected chi connectivity index (χ2v) is 8.03. The standard InChI is InChI=1S/C21H26N2O4/c1-13-7-8-16(19(24)22-11-14-9-10-27-12-14)18-17(13)20(25)23(21(18)26)15-5-3-2-4-6-15/h2-6,13-14,16-18H,7-12H2,1H3,(H,22,24)/t13-,14+,16+,17+,18-/m1/s1. The van der Waals surface area contributed by atoms with Gasteiger partial charge in [0, 0.05) is 19.1 Å². The van der Waals surface area contributed by atoms with Crippen molar-refractivity contribution in [2.45, 2.75) is 26.2 Å². The maximum Gasteiger partial charge on any atom is 0.238 e. The fourth-order valence-corrected chi connectivity index (χ4v) is 4.78. The Kier molecular flexibility index (Phi) is 5.00. The van der Waals surface area contributed by atoms with Gasteiger partial charge in [-0.3, -0.25) is 19.3 Å². The van der Waals surface area contributed by atoms with E-state index in [2.05, 4.69) is 5.32 Å². The molecule has 1 N–H and O–H groups in total. The van der Waals surface area contributed by atoms with Crippen molar-refractivity contribution in [2.75, 3.05) is 24.7 Å². The van der Waals surface area contributed by atoms with Gasteiger partial charge < -0.3 is 10.1 Å². The molecule has 4 rings (SSSR count). The molecular formula is C21H26N2O4. The van der Waals surface area contributed by atoms with Crippen molar-refractivity contribution in [1.82, 2.24) is 5.32 Å². The monoisotopic (exact) mass is 370 g/mol. The highest BCUT2D eigenvalue weighted by Gasteiger charge is 2.56. The number of hydrogen-bond donors (Lipinski definition) is 1. The second-order valence-electron chi connectivity index (χ2n) is 8.03. The summed E-state index contributed by atoms with van der Waals surface area (Å²) in [6.07, 6.45) is 2.39. The Labute approximate surface area is 159 Å². The fourth-order valence-electron chi connectivity index (χ4n) is 4.78. The van der Waals surface area contributed by atoms with Crippen molar-refractivity contribution in [3.63, 3.8) is 0 Å². The summed E-state index contributed by atoms with van der Waals surface area (Å²) in [4.78, 5) is 40.4. The second kappa shape index (κ2) is 7.43. The molecule has 0 aromatic heterocycles. The summed E-state index contributed by atoms with van der Waals surface area (Å²) in [6, 6.07) is 9.03. The first-order chi connectivity index (χ1) is 13.1. The van der Waals surface area contributed by atoms with Crippen molar-refractivity contribution >= 4 is 23.4 Å². The number of anilines is 1. The predicted molar refractivity (Wildman–Crippen MR) is 99.7 cm³/mol. The molecule has 1 aliphatic carbocycles. The number of carbonyl (C=O) groups is 3. The Morgan fingerprint density at radius 2 is 1.85 bits per heavy atom. The zero-order valence-corrected chi connectivity index (χ0v) is 15.6. The van der Waals surface area contributed by atoms with Gasteiger partial charge >= 0.3 is 0 Å². The number of para-hydroxylation sites is 1. The van der Waals surface area contributed by atoms with E-state index in [1.54, 1.807) is 12.1 Å². The summed E-state index contributed by atoms with van der Waals surface area (Å²) < 4.78 is 5.36. The SMILES string of the molecule is C[C@@H]1CC[C@H](C(=O)NC[C@@H]2CCOC2)[C@H]2C(=O)N(c3ccccc3)C(=O)[C@H]21. The zero-order chi connectivity index (χ0) is 19.0. The van der Waals surface area contributed by atoms with Gasteiger partial charge in [-0.05, 0) is 37.3 Å². The maximum atomic E-state index is 13.2. The zero-order valence-electron chi connectivity index (χ0n) is 15.6. The van der Waals surface area contributed by atoms with Crippen LogP contribution in [0.25, 0.3) is 0 Å². The molecule has 6 nitrogen and oxygen atoms in total. The molecule has 27 heavy (non-hydrogen) atoms. The molecule has 0 unspecified atom stereocenters. The lowest BCUT2D eigenvalue weighted by Gasteiger charge is -2.34. The minimum atomic E-state index is -0.554. The molecule has 0 bridgehead atoms. The van der Waals surface area contributed by atoms with Gasteiger partial charge in [0.05, 0.1) is 30.0 Å². The van der Waals surface area contributed by atoms with Crippen LogP contribution in [0.2, 0.25) is 0 Å². The number of fused-ring (bicyclic) bond motifs is 1. The Balaban J connectivity index is 1.54. The van der Waals surface area contributed by atoms with E-state index in [9.17, 15) is 14.4 Å². The Morgan fingerprint density at radius 3 is 2.56 bits per heavy atom. The van der Waals surface area contributed by atoms with Crippen LogP contribution in [0.3, 0.4) is 0 Å². The Morgan fingerprint density at radius 1 is 1.11 bits per heavy atom. The number of ether oxygens (including phenoxy) is 1. The van der Waals surface area contributed by atoms with E-state index in [0.29, 0.717) is 31.2 Å². The molecule has 0 radical (unpaired) electrons. The van der Waals surface area contributed by atoms with Crippen LogP contribution in [0, 0.1) is 29.6 Å². The van der Waals surface area contributed by atoms with E-state index in [1.165, 1.54) is 4.90 Å². The summed E-state index contributed by atoms with van der Waals surface area (Å²) in [5, 5.41) is 3.01. The van der Waals surface area contributed by atoms with Crippen LogP contribution >= 0.6 is 0 Å². The minimum absolute atomic E-state index is 0.0974. The van der Waals surface area contributed by atoms with Gasteiger partial charge in [0.1, 0.15) is 0 Å². The molecule has 6 heteroatoms. The van der Waals surface area contributed by atoms with Crippen molar-refractivity contribution in [2.24, 2.45) is 29.6 Å². The largest absolute Gasteiger partial charge is 0.381 e. The van der Waals surface area contributed by atoms with Crippen molar-refractivity contribution < 1.29 is 19.1 Å². The Bertz CT molecular complexity index is 729. The van der Waals surface area contributed by atoms with Crippen LogP contribution in [0.15, 0.2) is 30.3 Å². The first kappa shape index (κ1) is 18.2. The van der Waals surface area contributed by atoms with Crippen LogP contribution in [0.5, 0.6) is 0 Å². The van der Waals surface area contributed by atoms with Crippen molar-refractivity contribution in [3.8, 4) is 0 Å². The van der Waals surface area contributed by atoms with E-state index in [-0.39, 0.29) is 23.6 Å². The maximum absolute atomic E-state index is 13.2. The number of nitrogens with one attached hydrogen (secondary N) is 1. The first-order valence-electron chi connectivity index (χ1n) is 9.86. The van der Waals surface area contributed by atoms with Gasteiger partial charge in [0.25, 0.3) is 0 Å². The molecule has 3 fully saturated rings. The lowest BCUT2D eigenvalue weighted by Crippen LogP contribution is -2.45.